The van der Waals surface area contributed by atoms with Crippen molar-refractivity contribution in [3.63, 3.8) is 0 Å². The van der Waals surface area contributed by atoms with Crippen LogP contribution in [0.1, 0.15) is 17.7 Å². The molecule has 8 nitrogen and oxygen atoms in total. The molecule has 0 fully saturated rings. The molecule has 0 radical (unpaired) electrons. The van der Waals surface area contributed by atoms with Gasteiger partial charge in [0.05, 0.1) is 25.0 Å². The number of amides is 1. The summed E-state index contributed by atoms with van der Waals surface area (Å²) in [6.07, 6.45) is 3.82. The molecule has 1 aromatic heterocycles. The molecule has 0 bridgehead atoms. The maximum absolute atomic E-state index is 11.9. The van der Waals surface area contributed by atoms with E-state index >= 15 is 0 Å². The van der Waals surface area contributed by atoms with Crippen molar-refractivity contribution >= 4 is 15.9 Å². The standard InChI is InChI=1S/C13H20N4O4S/c1-16(22(2,20)21)9-12(18)14-6-7-17-13(19)8-10-4-3-5-11(10)15-17/h8H,3-7,9H2,1-2H3,(H,14,18). The summed E-state index contributed by atoms with van der Waals surface area (Å²) in [5.74, 6) is -0.415. The van der Waals surface area contributed by atoms with E-state index in [9.17, 15) is 18.0 Å². The number of carbonyl (C=O) groups excluding carboxylic acids is 1. The molecular formula is C13H20N4O4S. The van der Waals surface area contributed by atoms with Gasteiger partial charge in [0, 0.05) is 19.7 Å². The van der Waals surface area contributed by atoms with Gasteiger partial charge in [-0.25, -0.2) is 13.1 Å². The lowest BCUT2D eigenvalue weighted by atomic mass is 10.2. The third-order valence-electron chi connectivity index (χ3n) is 3.60. The lowest BCUT2D eigenvalue weighted by Gasteiger charge is -2.14. The Kier molecular flexibility index (Phi) is 4.97. The van der Waals surface area contributed by atoms with Crippen molar-refractivity contribution in [2.24, 2.45) is 0 Å². The normalized spacial score (nSPS) is 14.1. The average Bonchev–Trinajstić information content (AvgIpc) is 2.84. The lowest BCUT2D eigenvalue weighted by molar-refractivity contribution is -0.121. The van der Waals surface area contributed by atoms with Crippen molar-refractivity contribution < 1.29 is 13.2 Å². The molecule has 1 aliphatic rings. The number of likely N-dealkylation sites (N-methyl/N-ethyl adjacent to an activating group) is 1. The molecule has 1 heterocycles. The molecule has 0 atom stereocenters. The zero-order valence-electron chi connectivity index (χ0n) is 12.7. The Bertz CT molecular complexity index is 726. The minimum Gasteiger partial charge on any atom is -0.353 e. The number of carbonyl (C=O) groups is 1. The van der Waals surface area contributed by atoms with Crippen LogP contribution in [0.4, 0.5) is 0 Å². The largest absolute Gasteiger partial charge is 0.353 e. The van der Waals surface area contributed by atoms with Gasteiger partial charge in [0.25, 0.3) is 5.56 Å². The van der Waals surface area contributed by atoms with Gasteiger partial charge >= 0.3 is 0 Å². The SMILES string of the molecule is CN(CC(=O)NCCn1nc2c(cc1=O)CCC2)S(C)(=O)=O. The van der Waals surface area contributed by atoms with Crippen LogP contribution in [0.5, 0.6) is 0 Å². The molecule has 1 aromatic rings. The van der Waals surface area contributed by atoms with E-state index in [0.717, 1.165) is 41.1 Å². The molecule has 0 spiro atoms. The van der Waals surface area contributed by atoms with Crippen molar-refractivity contribution in [3.05, 3.63) is 27.7 Å². The highest BCUT2D eigenvalue weighted by molar-refractivity contribution is 7.88. The van der Waals surface area contributed by atoms with Gasteiger partial charge in [0.15, 0.2) is 0 Å². The maximum Gasteiger partial charge on any atom is 0.267 e. The first-order chi connectivity index (χ1) is 10.3. The Morgan fingerprint density at radius 2 is 2.18 bits per heavy atom. The molecular weight excluding hydrogens is 308 g/mol. The van der Waals surface area contributed by atoms with Crippen LogP contribution in [0, 0.1) is 0 Å². The molecule has 1 amide bonds. The summed E-state index contributed by atoms with van der Waals surface area (Å²) in [6, 6.07) is 1.61. The third kappa shape index (κ3) is 4.14. The molecule has 122 valence electrons. The van der Waals surface area contributed by atoms with Crippen LogP contribution < -0.4 is 10.9 Å². The van der Waals surface area contributed by atoms with Crippen molar-refractivity contribution in [1.82, 2.24) is 19.4 Å². The van der Waals surface area contributed by atoms with E-state index in [0.29, 0.717) is 0 Å². The smallest absolute Gasteiger partial charge is 0.267 e. The van der Waals surface area contributed by atoms with Crippen LogP contribution in [0.15, 0.2) is 10.9 Å². The predicted molar refractivity (Wildman–Crippen MR) is 81.0 cm³/mol. The first-order valence-electron chi connectivity index (χ1n) is 7.05. The molecule has 0 unspecified atom stereocenters. The molecule has 0 aromatic carbocycles. The van der Waals surface area contributed by atoms with Crippen molar-refractivity contribution in [2.75, 3.05) is 26.4 Å². The van der Waals surface area contributed by atoms with Crippen LogP contribution in [0.25, 0.3) is 0 Å². The fraction of sp³-hybridized carbons (Fsp3) is 0.615. The summed E-state index contributed by atoms with van der Waals surface area (Å²) in [6.45, 7) is 0.244. The number of rotatable bonds is 6. The number of hydrogen-bond donors (Lipinski definition) is 1. The molecule has 1 aliphatic carbocycles. The van der Waals surface area contributed by atoms with Gasteiger partial charge in [-0.05, 0) is 24.8 Å². The number of fused-ring (bicyclic) bond motifs is 1. The maximum atomic E-state index is 11.9. The van der Waals surface area contributed by atoms with Crippen molar-refractivity contribution in [3.8, 4) is 0 Å². The zero-order chi connectivity index (χ0) is 16.3. The van der Waals surface area contributed by atoms with E-state index in [4.69, 9.17) is 0 Å². The molecule has 9 heteroatoms. The summed E-state index contributed by atoms with van der Waals surface area (Å²) in [5.41, 5.74) is 1.78. The Hall–Kier alpha value is -1.74. The monoisotopic (exact) mass is 328 g/mol. The highest BCUT2D eigenvalue weighted by Gasteiger charge is 2.16. The van der Waals surface area contributed by atoms with Crippen LogP contribution >= 0.6 is 0 Å². The van der Waals surface area contributed by atoms with E-state index in [1.807, 2.05) is 0 Å². The Labute approximate surface area is 129 Å². The molecule has 0 saturated heterocycles. The third-order valence-corrected chi connectivity index (χ3v) is 4.86. The van der Waals surface area contributed by atoms with E-state index < -0.39 is 15.9 Å². The van der Waals surface area contributed by atoms with Gasteiger partial charge in [-0.15, -0.1) is 0 Å². The predicted octanol–water partition coefficient (Wildman–Crippen LogP) is -1.26. The Morgan fingerprint density at radius 1 is 1.45 bits per heavy atom. The first kappa shape index (κ1) is 16.6. The van der Waals surface area contributed by atoms with Crippen LogP contribution in [-0.2, 0) is 34.2 Å². The quantitative estimate of drug-likeness (QED) is 0.702. The first-order valence-corrected chi connectivity index (χ1v) is 8.90. The fourth-order valence-electron chi connectivity index (χ4n) is 2.28. The van der Waals surface area contributed by atoms with Crippen molar-refractivity contribution in [2.45, 2.75) is 25.8 Å². The topological polar surface area (TPSA) is 101 Å². The highest BCUT2D eigenvalue weighted by Crippen LogP contribution is 2.16. The summed E-state index contributed by atoms with van der Waals surface area (Å²) in [4.78, 5) is 23.5. The average molecular weight is 328 g/mol. The van der Waals surface area contributed by atoms with Gasteiger partial charge in [-0.3, -0.25) is 9.59 Å². The van der Waals surface area contributed by atoms with Gasteiger partial charge in [0.1, 0.15) is 0 Å². The van der Waals surface area contributed by atoms with Crippen LogP contribution in [0.2, 0.25) is 0 Å². The van der Waals surface area contributed by atoms with E-state index in [1.54, 1.807) is 6.07 Å². The summed E-state index contributed by atoms with van der Waals surface area (Å²) in [5, 5.41) is 6.88. The minimum atomic E-state index is -3.38. The number of nitrogens with zero attached hydrogens (tertiary/aromatic N) is 3. The van der Waals surface area contributed by atoms with Gasteiger partial charge in [-0.2, -0.15) is 9.40 Å². The molecule has 2 rings (SSSR count). The molecule has 0 saturated carbocycles. The molecule has 22 heavy (non-hydrogen) atoms. The zero-order valence-corrected chi connectivity index (χ0v) is 13.5. The molecule has 0 aliphatic heterocycles. The fourth-order valence-corrected chi connectivity index (χ4v) is 2.63. The minimum absolute atomic E-state index is 0.178. The lowest BCUT2D eigenvalue weighted by Crippen LogP contribution is -2.39. The Morgan fingerprint density at radius 3 is 2.86 bits per heavy atom. The van der Waals surface area contributed by atoms with Gasteiger partial charge in [0.2, 0.25) is 15.9 Å². The molecule has 1 N–H and O–H groups in total. The second kappa shape index (κ2) is 6.57. The second-order valence-electron chi connectivity index (χ2n) is 5.40. The van der Waals surface area contributed by atoms with Crippen molar-refractivity contribution in [1.29, 1.82) is 0 Å². The number of aryl methyl sites for hydroxylation is 2. The Balaban J connectivity index is 1.87. The van der Waals surface area contributed by atoms with E-state index in [1.165, 1.54) is 11.7 Å². The van der Waals surface area contributed by atoms with E-state index in [-0.39, 0.29) is 25.2 Å². The highest BCUT2D eigenvalue weighted by atomic mass is 32.2. The summed E-state index contributed by atoms with van der Waals surface area (Å²) >= 11 is 0. The van der Waals surface area contributed by atoms with Crippen LogP contribution in [0.3, 0.4) is 0 Å². The number of hydrogen-bond acceptors (Lipinski definition) is 5. The number of sulfonamides is 1. The van der Waals surface area contributed by atoms with E-state index in [2.05, 4.69) is 10.4 Å². The van der Waals surface area contributed by atoms with Crippen LogP contribution in [-0.4, -0.2) is 54.8 Å². The second-order valence-corrected chi connectivity index (χ2v) is 7.49. The van der Waals surface area contributed by atoms with Gasteiger partial charge in [-0.1, -0.05) is 0 Å². The summed E-state index contributed by atoms with van der Waals surface area (Å²) < 4.78 is 24.7. The number of nitrogens with one attached hydrogen (secondary N) is 1. The summed E-state index contributed by atoms with van der Waals surface area (Å²) in [7, 11) is -2.05. The van der Waals surface area contributed by atoms with Gasteiger partial charge < -0.3 is 5.32 Å². The number of aromatic nitrogens is 2.